The molecule has 150 valence electrons. The Morgan fingerprint density at radius 1 is 1.07 bits per heavy atom. The molecule has 0 spiro atoms. The molecule has 0 heterocycles. The van der Waals surface area contributed by atoms with Crippen LogP contribution in [0.15, 0.2) is 29.3 Å². The maximum Gasteiger partial charge on any atom is 0.437 e. The number of carbonyl (C=O) groups is 2. The Hall–Kier alpha value is -2.61. The van der Waals surface area contributed by atoms with Gasteiger partial charge < -0.3 is 20.3 Å². The molecule has 1 rings (SSSR count). The number of nitrogens with zero attached hydrogens (tertiary/aromatic N) is 2. The van der Waals surface area contributed by atoms with Crippen molar-refractivity contribution in [2.45, 2.75) is 65.9 Å². The van der Waals surface area contributed by atoms with Gasteiger partial charge in [0.25, 0.3) is 0 Å². The fraction of sp³-hybridized carbons (Fsp3) is 0.526. The summed E-state index contributed by atoms with van der Waals surface area (Å²) < 4.78 is 10.5. The van der Waals surface area contributed by atoms with Crippen molar-refractivity contribution in [1.82, 2.24) is 4.90 Å². The molecule has 0 aliphatic heterocycles. The second-order valence-corrected chi connectivity index (χ2v) is 7.99. The van der Waals surface area contributed by atoms with Gasteiger partial charge in [0.2, 0.25) is 5.96 Å². The van der Waals surface area contributed by atoms with Crippen LogP contribution < -0.4 is 5.73 Å². The minimum atomic E-state index is -0.905. The number of aliphatic hydroxyl groups is 1. The molecule has 0 radical (unpaired) electrons. The van der Waals surface area contributed by atoms with Gasteiger partial charge in [0, 0.05) is 0 Å². The number of amides is 2. The van der Waals surface area contributed by atoms with Gasteiger partial charge in [-0.2, -0.15) is 0 Å². The molecule has 1 aromatic rings. The summed E-state index contributed by atoms with van der Waals surface area (Å²) in [4.78, 5) is 29.2. The molecule has 0 bridgehead atoms. The molecular weight excluding hydrogens is 350 g/mol. The highest BCUT2D eigenvalue weighted by Crippen LogP contribution is 2.15. The molecule has 1 aromatic carbocycles. The normalized spacial score (nSPS) is 12.5. The summed E-state index contributed by atoms with van der Waals surface area (Å²) in [5, 5.41) is 9.28. The van der Waals surface area contributed by atoms with Crippen LogP contribution in [0.25, 0.3) is 0 Å². The number of rotatable bonds is 3. The van der Waals surface area contributed by atoms with E-state index < -0.39 is 23.4 Å². The summed E-state index contributed by atoms with van der Waals surface area (Å²) in [6.07, 6.45) is -1.65. The topological polar surface area (TPSA) is 114 Å². The second kappa shape index (κ2) is 8.85. The van der Waals surface area contributed by atoms with Crippen LogP contribution in [0.1, 0.15) is 52.7 Å². The summed E-state index contributed by atoms with van der Waals surface area (Å²) in [6, 6.07) is 6.98. The van der Waals surface area contributed by atoms with Crippen LogP contribution in [0, 0.1) is 0 Å². The fourth-order valence-corrected chi connectivity index (χ4v) is 2.00. The fourth-order valence-electron chi connectivity index (χ4n) is 2.00. The van der Waals surface area contributed by atoms with Gasteiger partial charge in [-0.3, -0.25) is 0 Å². The molecular formula is C19H29N3O5. The predicted octanol–water partition coefficient (Wildman–Crippen LogP) is 3.17. The molecule has 8 nitrogen and oxygen atoms in total. The number of ether oxygens (including phenoxy) is 2. The summed E-state index contributed by atoms with van der Waals surface area (Å²) in [5.41, 5.74) is 5.77. The maximum absolute atomic E-state index is 12.6. The zero-order chi connectivity index (χ0) is 20.8. The van der Waals surface area contributed by atoms with Crippen molar-refractivity contribution in [3.05, 3.63) is 35.4 Å². The largest absolute Gasteiger partial charge is 0.443 e. The third kappa shape index (κ3) is 8.54. The molecule has 0 aliphatic rings. The lowest BCUT2D eigenvalue weighted by Gasteiger charge is -2.27. The molecule has 0 saturated carbocycles. The standard InChI is InChI=1S/C19H29N3O5/c1-18(2,3)26-16(24)21-15(20)22(17(25)27-19(4,5)6)11-13-8-7-9-14(10-13)12-23/h7-10,23H,11-12H2,1-6H3,(H2,20,21,24). The molecule has 2 amide bonds. The first-order chi connectivity index (χ1) is 12.3. The SMILES string of the molecule is CC(C)(C)OC(=O)N=C(N)N(Cc1cccc(CO)c1)C(=O)OC(C)(C)C. The average molecular weight is 379 g/mol. The quantitative estimate of drug-likeness (QED) is 0.616. The monoisotopic (exact) mass is 379 g/mol. The van der Waals surface area contributed by atoms with Gasteiger partial charge in [0.15, 0.2) is 0 Å². The molecule has 0 unspecified atom stereocenters. The van der Waals surface area contributed by atoms with Crippen molar-refractivity contribution in [3.63, 3.8) is 0 Å². The van der Waals surface area contributed by atoms with Gasteiger partial charge >= 0.3 is 12.2 Å². The molecule has 8 heteroatoms. The number of aliphatic imine (C=N–C) groups is 1. The van der Waals surface area contributed by atoms with Crippen LogP contribution in [0.5, 0.6) is 0 Å². The minimum absolute atomic E-state index is 0.0148. The van der Waals surface area contributed by atoms with Gasteiger partial charge in [-0.25, -0.2) is 14.5 Å². The highest BCUT2D eigenvalue weighted by molar-refractivity contribution is 5.98. The number of nitrogens with two attached hydrogens (primary N) is 1. The van der Waals surface area contributed by atoms with Crippen LogP contribution in [0.4, 0.5) is 9.59 Å². The summed E-state index contributed by atoms with van der Waals surface area (Å²) in [7, 11) is 0. The first-order valence-electron chi connectivity index (χ1n) is 8.57. The lowest BCUT2D eigenvalue weighted by atomic mass is 10.1. The molecule has 0 aliphatic carbocycles. The van der Waals surface area contributed by atoms with Crippen molar-refractivity contribution >= 4 is 18.1 Å². The third-order valence-electron chi connectivity index (χ3n) is 3.00. The summed E-state index contributed by atoms with van der Waals surface area (Å²) in [5.74, 6) is -0.340. The molecule has 0 aromatic heterocycles. The number of hydrogen-bond donors (Lipinski definition) is 2. The number of guanidine groups is 1. The Labute approximate surface area is 160 Å². The Morgan fingerprint density at radius 2 is 1.63 bits per heavy atom. The van der Waals surface area contributed by atoms with Crippen molar-refractivity contribution in [3.8, 4) is 0 Å². The van der Waals surface area contributed by atoms with E-state index in [1.54, 1.807) is 65.8 Å². The van der Waals surface area contributed by atoms with Crippen molar-refractivity contribution < 1.29 is 24.2 Å². The van der Waals surface area contributed by atoms with Gasteiger partial charge in [0.1, 0.15) is 11.2 Å². The number of aliphatic hydroxyl groups excluding tert-OH is 1. The van der Waals surface area contributed by atoms with Crippen molar-refractivity contribution in [2.24, 2.45) is 10.7 Å². The van der Waals surface area contributed by atoms with E-state index in [9.17, 15) is 14.7 Å². The van der Waals surface area contributed by atoms with E-state index in [1.807, 2.05) is 0 Å². The number of benzene rings is 1. The summed E-state index contributed by atoms with van der Waals surface area (Å²) in [6.45, 7) is 10.1. The van der Waals surface area contributed by atoms with E-state index in [2.05, 4.69) is 4.99 Å². The van der Waals surface area contributed by atoms with E-state index in [1.165, 1.54) is 0 Å². The molecule has 0 fully saturated rings. The maximum atomic E-state index is 12.6. The van der Waals surface area contributed by atoms with Crippen molar-refractivity contribution in [2.75, 3.05) is 0 Å². The zero-order valence-corrected chi connectivity index (χ0v) is 16.8. The van der Waals surface area contributed by atoms with Gasteiger partial charge in [-0.05, 0) is 52.7 Å². The Kier molecular flexibility index (Phi) is 7.36. The van der Waals surface area contributed by atoms with E-state index in [4.69, 9.17) is 15.2 Å². The van der Waals surface area contributed by atoms with Crippen LogP contribution in [0.3, 0.4) is 0 Å². The van der Waals surface area contributed by atoms with Gasteiger partial charge in [-0.15, -0.1) is 4.99 Å². The smallest absolute Gasteiger partial charge is 0.437 e. The molecule has 0 saturated heterocycles. The molecule has 3 N–H and O–H groups in total. The molecule has 27 heavy (non-hydrogen) atoms. The first kappa shape index (κ1) is 22.4. The van der Waals surface area contributed by atoms with Crippen LogP contribution in [-0.2, 0) is 22.6 Å². The van der Waals surface area contributed by atoms with Crippen LogP contribution >= 0.6 is 0 Å². The first-order valence-corrected chi connectivity index (χ1v) is 8.57. The lowest BCUT2D eigenvalue weighted by Crippen LogP contribution is -2.44. The van der Waals surface area contributed by atoms with Crippen molar-refractivity contribution in [1.29, 1.82) is 0 Å². The van der Waals surface area contributed by atoms with E-state index >= 15 is 0 Å². The van der Waals surface area contributed by atoms with E-state index in [0.717, 1.165) is 4.90 Å². The Morgan fingerprint density at radius 3 is 2.15 bits per heavy atom. The zero-order valence-electron chi connectivity index (χ0n) is 16.8. The van der Waals surface area contributed by atoms with Gasteiger partial charge in [0.05, 0.1) is 13.2 Å². The highest BCUT2D eigenvalue weighted by atomic mass is 16.6. The Bertz CT molecular complexity index is 702. The average Bonchev–Trinajstić information content (AvgIpc) is 2.48. The summed E-state index contributed by atoms with van der Waals surface area (Å²) >= 11 is 0. The number of hydrogen-bond acceptors (Lipinski definition) is 5. The van der Waals surface area contributed by atoms with E-state index in [-0.39, 0.29) is 19.1 Å². The number of carbonyl (C=O) groups excluding carboxylic acids is 2. The van der Waals surface area contributed by atoms with Gasteiger partial charge in [-0.1, -0.05) is 24.3 Å². The third-order valence-corrected chi connectivity index (χ3v) is 3.00. The highest BCUT2D eigenvalue weighted by Gasteiger charge is 2.26. The predicted molar refractivity (Wildman–Crippen MR) is 102 cm³/mol. The van der Waals surface area contributed by atoms with Crippen LogP contribution in [0.2, 0.25) is 0 Å². The van der Waals surface area contributed by atoms with Crippen LogP contribution in [-0.4, -0.2) is 39.4 Å². The molecule has 0 atom stereocenters. The second-order valence-electron chi connectivity index (χ2n) is 7.99. The minimum Gasteiger partial charge on any atom is -0.443 e. The Balaban J connectivity index is 3.12. The van der Waals surface area contributed by atoms with E-state index in [0.29, 0.717) is 11.1 Å². The lowest BCUT2D eigenvalue weighted by molar-refractivity contribution is 0.0356.